The normalized spacial score (nSPS) is 10.1. The third-order valence-corrected chi connectivity index (χ3v) is 2.63. The molecule has 0 aliphatic carbocycles. The maximum absolute atomic E-state index is 11.1. The van der Waals surface area contributed by atoms with Crippen molar-refractivity contribution >= 4 is 5.97 Å². The standard InChI is InChI=1S/C14H12O4/c1-18-13-11(3-2-4-12(13)14(16)17)9-5-7-10(15)8-6-9/h2-8,15H,1H3,(H,16,17). The van der Waals surface area contributed by atoms with Crippen molar-refractivity contribution in [2.45, 2.75) is 0 Å². The average Bonchev–Trinajstić information content (AvgIpc) is 2.38. The summed E-state index contributed by atoms with van der Waals surface area (Å²) < 4.78 is 5.18. The van der Waals surface area contributed by atoms with Gasteiger partial charge in [0.05, 0.1) is 7.11 Å². The largest absolute Gasteiger partial charge is 0.508 e. The second-order valence-electron chi connectivity index (χ2n) is 3.74. The molecule has 0 atom stereocenters. The van der Waals surface area contributed by atoms with E-state index < -0.39 is 5.97 Å². The van der Waals surface area contributed by atoms with Crippen molar-refractivity contribution in [2.24, 2.45) is 0 Å². The van der Waals surface area contributed by atoms with E-state index in [-0.39, 0.29) is 11.3 Å². The minimum atomic E-state index is -1.03. The summed E-state index contributed by atoms with van der Waals surface area (Å²) in [6, 6.07) is 11.4. The van der Waals surface area contributed by atoms with Crippen LogP contribution in [0.3, 0.4) is 0 Å². The van der Waals surface area contributed by atoms with Crippen LogP contribution in [-0.2, 0) is 0 Å². The van der Waals surface area contributed by atoms with Crippen LogP contribution in [0, 0.1) is 0 Å². The Morgan fingerprint density at radius 2 is 1.78 bits per heavy atom. The summed E-state index contributed by atoms with van der Waals surface area (Å²) in [6.45, 7) is 0. The van der Waals surface area contributed by atoms with Gasteiger partial charge in [0, 0.05) is 5.56 Å². The molecule has 0 spiro atoms. The quantitative estimate of drug-likeness (QED) is 0.871. The molecule has 0 aliphatic rings. The fourth-order valence-corrected chi connectivity index (χ4v) is 1.79. The Bertz CT molecular complexity index is 573. The molecule has 0 fully saturated rings. The number of ether oxygens (including phenoxy) is 1. The molecule has 0 unspecified atom stereocenters. The minimum Gasteiger partial charge on any atom is -0.508 e. The Morgan fingerprint density at radius 3 is 2.33 bits per heavy atom. The molecule has 0 radical (unpaired) electrons. The molecule has 0 amide bonds. The molecule has 0 saturated carbocycles. The van der Waals surface area contributed by atoms with E-state index >= 15 is 0 Å². The van der Waals surface area contributed by atoms with Gasteiger partial charge in [0.15, 0.2) is 0 Å². The van der Waals surface area contributed by atoms with Crippen LogP contribution in [-0.4, -0.2) is 23.3 Å². The molecule has 4 nitrogen and oxygen atoms in total. The number of carboxylic acids is 1. The summed E-state index contributed by atoms with van der Waals surface area (Å²) in [5.41, 5.74) is 1.58. The van der Waals surface area contributed by atoms with Crippen molar-refractivity contribution in [3.8, 4) is 22.6 Å². The molecule has 0 heterocycles. The predicted octanol–water partition coefficient (Wildman–Crippen LogP) is 2.77. The van der Waals surface area contributed by atoms with Crippen molar-refractivity contribution in [3.63, 3.8) is 0 Å². The minimum absolute atomic E-state index is 0.114. The summed E-state index contributed by atoms with van der Waals surface area (Å²) >= 11 is 0. The molecule has 92 valence electrons. The van der Waals surface area contributed by atoms with Gasteiger partial charge >= 0.3 is 5.97 Å². The van der Waals surface area contributed by atoms with Crippen LogP contribution in [0.1, 0.15) is 10.4 Å². The monoisotopic (exact) mass is 244 g/mol. The van der Waals surface area contributed by atoms with Crippen LogP contribution in [0.2, 0.25) is 0 Å². The molecule has 2 rings (SSSR count). The van der Waals surface area contributed by atoms with Gasteiger partial charge in [-0.3, -0.25) is 0 Å². The first-order valence-electron chi connectivity index (χ1n) is 5.33. The second kappa shape index (κ2) is 4.79. The van der Waals surface area contributed by atoms with Gasteiger partial charge in [0.25, 0.3) is 0 Å². The lowest BCUT2D eigenvalue weighted by atomic mass is 10.0. The highest BCUT2D eigenvalue weighted by Gasteiger charge is 2.15. The van der Waals surface area contributed by atoms with Gasteiger partial charge in [0.1, 0.15) is 17.1 Å². The number of rotatable bonds is 3. The molecular weight excluding hydrogens is 232 g/mol. The number of aromatic carboxylic acids is 1. The molecule has 2 aromatic rings. The van der Waals surface area contributed by atoms with Gasteiger partial charge in [-0.05, 0) is 23.8 Å². The van der Waals surface area contributed by atoms with E-state index in [0.717, 1.165) is 5.56 Å². The highest BCUT2D eigenvalue weighted by Crippen LogP contribution is 2.33. The fourth-order valence-electron chi connectivity index (χ4n) is 1.79. The predicted molar refractivity (Wildman–Crippen MR) is 67.1 cm³/mol. The maximum atomic E-state index is 11.1. The summed E-state index contributed by atoms with van der Waals surface area (Å²) in [5, 5.41) is 18.3. The second-order valence-corrected chi connectivity index (χ2v) is 3.74. The number of benzene rings is 2. The lowest BCUT2D eigenvalue weighted by Gasteiger charge is -2.11. The van der Waals surface area contributed by atoms with E-state index in [1.54, 1.807) is 36.4 Å². The number of carbonyl (C=O) groups is 1. The zero-order valence-electron chi connectivity index (χ0n) is 9.75. The van der Waals surface area contributed by atoms with E-state index in [1.807, 2.05) is 0 Å². The highest BCUT2D eigenvalue weighted by atomic mass is 16.5. The van der Waals surface area contributed by atoms with Gasteiger partial charge < -0.3 is 14.9 Å². The maximum Gasteiger partial charge on any atom is 0.339 e. The average molecular weight is 244 g/mol. The molecule has 0 saturated heterocycles. The molecule has 2 aromatic carbocycles. The number of para-hydroxylation sites is 1. The fraction of sp³-hybridized carbons (Fsp3) is 0.0714. The third-order valence-electron chi connectivity index (χ3n) is 2.63. The van der Waals surface area contributed by atoms with Crippen molar-refractivity contribution in [3.05, 3.63) is 48.0 Å². The summed E-state index contributed by atoms with van der Waals surface area (Å²) in [5.74, 6) is -0.560. The van der Waals surface area contributed by atoms with Crippen molar-refractivity contribution in [1.82, 2.24) is 0 Å². The lowest BCUT2D eigenvalue weighted by Crippen LogP contribution is -2.01. The number of hydrogen-bond donors (Lipinski definition) is 2. The number of aromatic hydroxyl groups is 1. The van der Waals surface area contributed by atoms with Crippen LogP contribution < -0.4 is 4.74 Å². The van der Waals surface area contributed by atoms with Crippen molar-refractivity contribution < 1.29 is 19.7 Å². The first-order valence-corrected chi connectivity index (χ1v) is 5.33. The number of carboxylic acid groups (broad SMARTS) is 1. The zero-order valence-corrected chi connectivity index (χ0v) is 9.75. The van der Waals surface area contributed by atoms with Crippen LogP contribution in [0.4, 0.5) is 0 Å². The molecule has 0 bridgehead atoms. The Balaban J connectivity index is 2.60. The Morgan fingerprint density at radius 1 is 1.11 bits per heavy atom. The molecule has 0 aromatic heterocycles. The number of phenolic OH excluding ortho intramolecular Hbond substituents is 1. The van der Waals surface area contributed by atoms with Gasteiger partial charge in [-0.25, -0.2) is 4.79 Å². The van der Waals surface area contributed by atoms with Crippen LogP contribution in [0.5, 0.6) is 11.5 Å². The molecule has 2 N–H and O–H groups in total. The molecule has 0 aliphatic heterocycles. The lowest BCUT2D eigenvalue weighted by molar-refractivity contribution is 0.0693. The molecular formula is C14H12O4. The Hall–Kier alpha value is -2.49. The Labute approximate surface area is 104 Å². The van der Waals surface area contributed by atoms with E-state index in [9.17, 15) is 9.90 Å². The number of methoxy groups -OCH3 is 1. The summed E-state index contributed by atoms with van der Waals surface area (Å²) in [6.07, 6.45) is 0. The van der Waals surface area contributed by atoms with E-state index in [2.05, 4.69) is 0 Å². The number of hydrogen-bond acceptors (Lipinski definition) is 3. The van der Waals surface area contributed by atoms with Crippen LogP contribution in [0.15, 0.2) is 42.5 Å². The first kappa shape index (κ1) is 12.0. The van der Waals surface area contributed by atoms with E-state index in [1.165, 1.54) is 13.2 Å². The smallest absolute Gasteiger partial charge is 0.339 e. The van der Waals surface area contributed by atoms with Gasteiger partial charge in [-0.1, -0.05) is 24.3 Å². The highest BCUT2D eigenvalue weighted by molar-refractivity contribution is 5.94. The number of phenols is 1. The zero-order chi connectivity index (χ0) is 13.1. The summed E-state index contributed by atoms with van der Waals surface area (Å²) in [7, 11) is 1.44. The van der Waals surface area contributed by atoms with Gasteiger partial charge in [-0.2, -0.15) is 0 Å². The van der Waals surface area contributed by atoms with E-state index in [4.69, 9.17) is 9.84 Å². The Kier molecular flexibility index (Phi) is 3.19. The van der Waals surface area contributed by atoms with E-state index in [0.29, 0.717) is 11.3 Å². The van der Waals surface area contributed by atoms with Crippen LogP contribution in [0.25, 0.3) is 11.1 Å². The van der Waals surface area contributed by atoms with Gasteiger partial charge in [-0.15, -0.1) is 0 Å². The van der Waals surface area contributed by atoms with Crippen molar-refractivity contribution in [2.75, 3.05) is 7.11 Å². The molecule has 18 heavy (non-hydrogen) atoms. The topological polar surface area (TPSA) is 66.8 Å². The molecule has 4 heteroatoms. The van der Waals surface area contributed by atoms with Gasteiger partial charge in [0.2, 0.25) is 0 Å². The van der Waals surface area contributed by atoms with Crippen LogP contribution >= 0.6 is 0 Å². The summed E-state index contributed by atoms with van der Waals surface area (Å²) in [4.78, 5) is 11.1. The first-order chi connectivity index (χ1) is 8.63. The SMILES string of the molecule is COc1c(C(=O)O)cccc1-c1ccc(O)cc1. The van der Waals surface area contributed by atoms with Crippen molar-refractivity contribution in [1.29, 1.82) is 0 Å². The third kappa shape index (κ3) is 2.13.